The monoisotopic (exact) mass is 408 g/mol. The molecule has 0 unspecified atom stereocenters. The minimum Gasteiger partial charge on any atom is -0.452 e. The molecule has 0 radical (unpaired) electrons. The number of non-ortho nitro benzene ring substituents is 1. The lowest BCUT2D eigenvalue weighted by molar-refractivity contribution is -0.384. The molecule has 0 spiro atoms. The molecule has 0 aliphatic heterocycles. The van der Waals surface area contributed by atoms with E-state index in [9.17, 15) is 19.7 Å². The fourth-order valence-corrected chi connectivity index (χ4v) is 2.41. The number of benzene rings is 2. The normalized spacial score (nSPS) is 10.6. The second-order valence-corrected chi connectivity index (χ2v) is 6.17. The van der Waals surface area contributed by atoms with Crippen molar-refractivity contribution in [2.45, 2.75) is 6.92 Å². The van der Waals surface area contributed by atoms with Gasteiger partial charge in [0.1, 0.15) is 0 Å². The van der Waals surface area contributed by atoms with E-state index < -0.39 is 23.4 Å². The minimum absolute atomic E-state index is 0.158. The van der Waals surface area contributed by atoms with Gasteiger partial charge >= 0.3 is 5.97 Å². The van der Waals surface area contributed by atoms with Gasteiger partial charge in [0.2, 0.25) is 0 Å². The van der Waals surface area contributed by atoms with Crippen molar-refractivity contribution in [3.8, 4) is 0 Å². The zero-order valence-electron chi connectivity index (χ0n) is 14.1. The van der Waals surface area contributed by atoms with Gasteiger partial charge < -0.3 is 10.1 Å². The van der Waals surface area contributed by atoms with Crippen LogP contribution in [0.5, 0.6) is 0 Å². The predicted octanol–water partition coefficient (Wildman–Crippen LogP) is 4.41. The van der Waals surface area contributed by atoms with Gasteiger partial charge in [-0.1, -0.05) is 41.4 Å². The van der Waals surface area contributed by atoms with Crippen LogP contribution in [0, 0.1) is 17.0 Å². The van der Waals surface area contributed by atoms with Crippen LogP contribution in [0.3, 0.4) is 0 Å². The Morgan fingerprint density at radius 3 is 2.70 bits per heavy atom. The molecule has 2 aromatic rings. The third kappa shape index (κ3) is 5.80. The fraction of sp³-hybridized carbons (Fsp3) is 0.111. The van der Waals surface area contributed by atoms with Crippen molar-refractivity contribution in [2.24, 2.45) is 0 Å². The van der Waals surface area contributed by atoms with E-state index in [4.69, 9.17) is 27.9 Å². The molecule has 1 N–H and O–H groups in total. The number of aryl methyl sites for hydroxylation is 1. The van der Waals surface area contributed by atoms with Gasteiger partial charge in [-0.2, -0.15) is 0 Å². The number of nitro groups is 1. The molecular formula is C18H14Cl2N2O5. The minimum atomic E-state index is -0.753. The number of anilines is 1. The molecule has 2 aromatic carbocycles. The highest BCUT2D eigenvalue weighted by Gasteiger charge is 2.12. The number of carbonyl (C=O) groups excluding carboxylic acids is 2. The van der Waals surface area contributed by atoms with Crippen LogP contribution in [-0.2, 0) is 14.3 Å². The molecule has 0 atom stereocenters. The Kier molecular flexibility index (Phi) is 6.92. The summed E-state index contributed by atoms with van der Waals surface area (Å²) in [5.41, 5.74) is 1.27. The lowest BCUT2D eigenvalue weighted by Crippen LogP contribution is -2.20. The van der Waals surface area contributed by atoms with Crippen LogP contribution in [0.15, 0.2) is 42.5 Å². The van der Waals surface area contributed by atoms with E-state index in [0.29, 0.717) is 21.2 Å². The number of hydrogen-bond acceptors (Lipinski definition) is 5. The van der Waals surface area contributed by atoms with E-state index in [-0.39, 0.29) is 11.4 Å². The summed E-state index contributed by atoms with van der Waals surface area (Å²) in [7, 11) is 0. The van der Waals surface area contributed by atoms with Gasteiger partial charge in [0.05, 0.1) is 20.7 Å². The van der Waals surface area contributed by atoms with E-state index >= 15 is 0 Å². The molecule has 0 heterocycles. The van der Waals surface area contributed by atoms with Crippen LogP contribution < -0.4 is 5.32 Å². The highest BCUT2D eigenvalue weighted by Crippen LogP contribution is 2.26. The van der Waals surface area contributed by atoms with Gasteiger partial charge in [-0.15, -0.1) is 0 Å². The van der Waals surface area contributed by atoms with Crippen molar-refractivity contribution in [1.29, 1.82) is 0 Å². The molecule has 0 saturated carbocycles. The van der Waals surface area contributed by atoms with Crippen LogP contribution in [0.2, 0.25) is 10.0 Å². The average molecular weight is 409 g/mol. The van der Waals surface area contributed by atoms with E-state index in [1.54, 1.807) is 25.1 Å². The number of amides is 1. The molecule has 0 aliphatic rings. The first kappa shape index (κ1) is 20.4. The molecule has 2 rings (SSSR count). The molecule has 27 heavy (non-hydrogen) atoms. The van der Waals surface area contributed by atoms with Gasteiger partial charge in [0.25, 0.3) is 11.6 Å². The Morgan fingerprint density at radius 2 is 2.00 bits per heavy atom. The first-order valence-electron chi connectivity index (χ1n) is 7.61. The molecule has 7 nitrogen and oxygen atoms in total. The summed E-state index contributed by atoms with van der Waals surface area (Å²) < 4.78 is 4.84. The summed E-state index contributed by atoms with van der Waals surface area (Å²) >= 11 is 11.9. The zero-order chi connectivity index (χ0) is 20.0. The number of rotatable bonds is 6. The third-order valence-electron chi connectivity index (χ3n) is 3.43. The highest BCUT2D eigenvalue weighted by atomic mass is 35.5. The van der Waals surface area contributed by atoms with Crippen molar-refractivity contribution < 1.29 is 19.2 Å². The standard InChI is InChI=1S/C18H14Cl2N2O5/c1-11-5-7-13(22(25)26)9-15(11)21-16(23)10-27-17(24)8-6-12-3-2-4-14(19)18(12)20/h2-9H,10H2,1H3,(H,21,23)/b8-6+. The fourth-order valence-electron chi connectivity index (χ4n) is 2.04. The zero-order valence-corrected chi connectivity index (χ0v) is 15.6. The number of carbonyl (C=O) groups is 2. The number of halogens is 2. The maximum atomic E-state index is 11.9. The van der Waals surface area contributed by atoms with Crippen molar-refractivity contribution in [3.63, 3.8) is 0 Å². The number of nitrogens with one attached hydrogen (secondary N) is 1. The maximum Gasteiger partial charge on any atom is 0.331 e. The summed E-state index contributed by atoms with van der Waals surface area (Å²) in [6.07, 6.45) is 2.53. The van der Waals surface area contributed by atoms with Crippen molar-refractivity contribution in [3.05, 3.63) is 73.8 Å². The highest BCUT2D eigenvalue weighted by molar-refractivity contribution is 6.42. The van der Waals surface area contributed by atoms with E-state index in [2.05, 4.69) is 5.32 Å². The largest absolute Gasteiger partial charge is 0.452 e. The Labute approximate surface area is 164 Å². The first-order chi connectivity index (χ1) is 12.8. The number of nitrogens with zero attached hydrogens (tertiary/aromatic N) is 1. The topological polar surface area (TPSA) is 98.5 Å². The van der Waals surface area contributed by atoms with E-state index in [1.165, 1.54) is 24.3 Å². The SMILES string of the molecule is Cc1ccc([N+](=O)[O-])cc1NC(=O)COC(=O)/C=C/c1cccc(Cl)c1Cl. The molecule has 1 amide bonds. The van der Waals surface area contributed by atoms with Crippen LogP contribution >= 0.6 is 23.2 Å². The third-order valence-corrected chi connectivity index (χ3v) is 4.27. The number of esters is 1. The number of ether oxygens (including phenoxy) is 1. The molecule has 0 aromatic heterocycles. The Hall–Kier alpha value is -2.90. The second kappa shape index (κ2) is 9.16. The van der Waals surface area contributed by atoms with Gasteiger partial charge in [-0.25, -0.2) is 4.79 Å². The Balaban J connectivity index is 1.93. The van der Waals surface area contributed by atoms with Crippen LogP contribution in [0.25, 0.3) is 6.08 Å². The molecule has 0 bridgehead atoms. The average Bonchev–Trinajstić information content (AvgIpc) is 2.62. The van der Waals surface area contributed by atoms with Crippen LogP contribution in [0.4, 0.5) is 11.4 Å². The molecule has 0 aliphatic carbocycles. The number of nitro benzene ring substituents is 1. The smallest absolute Gasteiger partial charge is 0.331 e. The molecule has 9 heteroatoms. The summed E-state index contributed by atoms with van der Waals surface area (Å²) in [5, 5.41) is 13.9. The van der Waals surface area contributed by atoms with Gasteiger partial charge in [0, 0.05) is 18.2 Å². The predicted molar refractivity (Wildman–Crippen MR) is 103 cm³/mol. The molecule has 140 valence electrons. The Bertz CT molecular complexity index is 928. The van der Waals surface area contributed by atoms with E-state index in [0.717, 1.165) is 6.08 Å². The van der Waals surface area contributed by atoms with Crippen molar-refractivity contribution in [2.75, 3.05) is 11.9 Å². The van der Waals surface area contributed by atoms with Crippen LogP contribution in [-0.4, -0.2) is 23.4 Å². The summed E-state index contributed by atoms with van der Waals surface area (Å²) in [6, 6.07) is 9.02. The maximum absolute atomic E-state index is 11.9. The number of hydrogen-bond donors (Lipinski definition) is 1. The summed E-state index contributed by atoms with van der Waals surface area (Å²) in [6.45, 7) is 1.14. The lowest BCUT2D eigenvalue weighted by atomic mass is 10.2. The quantitative estimate of drug-likeness (QED) is 0.330. The van der Waals surface area contributed by atoms with E-state index in [1.807, 2.05) is 0 Å². The van der Waals surface area contributed by atoms with Gasteiger partial charge in [0.15, 0.2) is 6.61 Å². The lowest BCUT2D eigenvalue weighted by Gasteiger charge is -2.08. The van der Waals surface area contributed by atoms with Crippen molar-refractivity contribution in [1.82, 2.24) is 0 Å². The van der Waals surface area contributed by atoms with Crippen LogP contribution in [0.1, 0.15) is 11.1 Å². The summed E-state index contributed by atoms with van der Waals surface area (Å²) in [4.78, 5) is 33.9. The first-order valence-corrected chi connectivity index (χ1v) is 8.37. The molecule has 0 saturated heterocycles. The Morgan fingerprint density at radius 1 is 1.26 bits per heavy atom. The van der Waals surface area contributed by atoms with Gasteiger partial charge in [-0.05, 0) is 30.2 Å². The summed E-state index contributed by atoms with van der Waals surface area (Å²) in [5.74, 6) is -1.38. The van der Waals surface area contributed by atoms with Crippen molar-refractivity contribution >= 4 is 52.5 Å². The molecule has 0 fully saturated rings. The van der Waals surface area contributed by atoms with Gasteiger partial charge in [-0.3, -0.25) is 14.9 Å². The second-order valence-electron chi connectivity index (χ2n) is 5.39. The molecular weight excluding hydrogens is 395 g/mol.